The molecule has 3 heteroatoms. The topological polar surface area (TPSA) is 42.0 Å². The minimum atomic E-state index is 0.0266. The van der Waals surface area contributed by atoms with Crippen LogP contribution in [0.2, 0.25) is 0 Å². The van der Waals surface area contributed by atoms with Gasteiger partial charge >= 0.3 is 0 Å². The number of fused-ring (bicyclic) bond motifs is 1. The maximum Gasteiger partial charge on any atom is 0.224 e. The van der Waals surface area contributed by atoms with Crippen LogP contribution >= 0.6 is 0 Å². The van der Waals surface area contributed by atoms with Crippen LogP contribution in [0, 0.1) is 6.92 Å². The van der Waals surface area contributed by atoms with Gasteiger partial charge in [0.15, 0.2) is 0 Å². The van der Waals surface area contributed by atoms with Crippen molar-refractivity contribution in [1.29, 1.82) is 0 Å². The quantitative estimate of drug-likeness (QED) is 0.800. The summed E-state index contributed by atoms with van der Waals surface area (Å²) in [5, 5.41) is 4.04. The molecular weight excluding hydrogens is 272 g/mol. The maximum absolute atomic E-state index is 12.0. The Bertz CT molecular complexity index is 811. The highest BCUT2D eigenvalue weighted by atomic mass is 16.1. The van der Waals surface area contributed by atoms with E-state index in [0.717, 1.165) is 22.0 Å². The number of carbonyl (C=O) groups is 1. The van der Waals surface area contributed by atoms with Crippen molar-refractivity contribution in [3.05, 3.63) is 77.5 Å². The van der Waals surface area contributed by atoms with Crippen LogP contribution in [-0.4, -0.2) is 10.9 Å². The van der Waals surface area contributed by atoms with E-state index in [0.29, 0.717) is 13.0 Å². The van der Waals surface area contributed by atoms with Gasteiger partial charge in [-0.25, -0.2) is 0 Å². The smallest absolute Gasteiger partial charge is 0.224 e. The first-order chi connectivity index (χ1) is 10.7. The number of nitrogens with zero attached hydrogens (tertiary/aromatic N) is 1. The molecule has 0 aliphatic heterocycles. The molecular formula is C19H18N2O. The lowest BCUT2D eigenvalue weighted by Crippen LogP contribution is -2.24. The first kappa shape index (κ1) is 14.3. The molecule has 0 radical (unpaired) electrons. The number of amides is 1. The third kappa shape index (κ3) is 3.50. The second kappa shape index (κ2) is 6.39. The Hall–Kier alpha value is -2.68. The average molecular weight is 290 g/mol. The van der Waals surface area contributed by atoms with Crippen molar-refractivity contribution in [3.63, 3.8) is 0 Å². The van der Waals surface area contributed by atoms with E-state index in [1.807, 2.05) is 61.7 Å². The van der Waals surface area contributed by atoms with Gasteiger partial charge in [-0.2, -0.15) is 0 Å². The van der Waals surface area contributed by atoms with Gasteiger partial charge in [0.05, 0.1) is 11.9 Å². The fraction of sp³-hybridized carbons (Fsp3) is 0.158. The van der Waals surface area contributed by atoms with Gasteiger partial charge in [0.2, 0.25) is 5.91 Å². The third-order valence-electron chi connectivity index (χ3n) is 3.58. The monoisotopic (exact) mass is 290 g/mol. The number of aryl methyl sites for hydroxylation is 1. The van der Waals surface area contributed by atoms with Crippen molar-refractivity contribution in [2.75, 3.05) is 0 Å². The summed E-state index contributed by atoms with van der Waals surface area (Å²) in [6.07, 6.45) is 2.22. The standard InChI is InChI=1S/C19H18N2O/c1-14-5-4-6-15(9-14)11-19(22)21-13-16-10-17-7-2-3-8-18(17)20-12-16/h2-10,12H,11,13H2,1H3,(H,21,22). The lowest BCUT2D eigenvalue weighted by Gasteiger charge is -2.07. The van der Waals surface area contributed by atoms with Gasteiger partial charge in [-0.3, -0.25) is 9.78 Å². The summed E-state index contributed by atoms with van der Waals surface area (Å²) in [4.78, 5) is 16.4. The predicted molar refractivity (Wildman–Crippen MR) is 88.5 cm³/mol. The summed E-state index contributed by atoms with van der Waals surface area (Å²) in [7, 11) is 0. The first-order valence-corrected chi connectivity index (χ1v) is 7.36. The van der Waals surface area contributed by atoms with Crippen molar-refractivity contribution < 1.29 is 4.79 Å². The van der Waals surface area contributed by atoms with E-state index < -0.39 is 0 Å². The fourth-order valence-electron chi connectivity index (χ4n) is 2.48. The van der Waals surface area contributed by atoms with Gasteiger partial charge in [0.25, 0.3) is 0 Å². The highest BCUT2D eigenvalue weighted by Crippen LogP contribution is 2.12. The number of hydrogen-bond acceptors (Lipinski definition) is 2. The van der Waals surface area contributed by atoms with Crippen LogP contribution < -0.4 is 5.32 Å². The summed E-state index contributed by atoms with van der Waals surface area (Å²) < 4.78 is 0. The number of nitrogens with one attached hydrogen (secondary N) is 1. The van der Waals surface area contributed by atoms with Gasteiger partial charge in [-0.15, -0.1) is 0 Å². The molecule has 0 spiro atoms. The molecule has 0 fully saturated rings. The SMILES string of the molecule is Cc1cccc(CC(=O)NCc2cnc3ccccc3c2)c1. The molecule has 3 aromatic rings. The number of aromatic nitrogens is 1. The number of hydrogen-bond donors (Lipinski definition) is 1. The molecule has 0 saturated carbocycles. The number of para-hydroxylation sites is 1. The van der Waals surface area contributed by atoms with E-state index in [1.54, 1.807) is 0 Å². The van der Waals surface area contributed by atoms with E-state index in [1.165, 1.54) is 5.56 Å². The van der Waals surface area contributed by atoms with Crippen LogP contribution in [0.3, 0.4) is 0 Å². The second-order valence-corrected chi connectivity index (χ2v) is 5.48. The van der Waals surface area contributed by atoms with E-state index in [9.17, 15) is 4.79 Å². The van der Waals surface area contributed by atoms with Crippen LogP contribution in [-0.2, 0) is 17.8 Å². The van der Waals surface area contributed by atoms with Crippen LogP contribution in [0.5, 0.6) is 0 Å². The number of rotatable bonds is 4. The number of carbonyl (C=O) groups excluding carboxylic acids is 1. The van der Waals surface area contributed by atoms with E-state index in [-0.39, 0.29) is 5.91 Å². The Morgan fingerprint density at radius 3 is 2.77 bits per heavy atom. The Morgan fingerprint density at radius 2 is 1.91 bits per heavy atom. The zero-order valence-corrected chi connectivity index (χ0v) is 12.5. The lowest BCUT2D eigenvalue weighted by atomic mass is 10.1. The Kier molecular flexibility index (Phi) is 4.15. The van der Waals surface area contributed by atoms with Gasteiger partial charge in [0.1, 0.15) is 0 Å². The predicted octanol–water partition coefficient (Wildman–Crippen LogP) is 3.40. The highest BCUT2D eigenvalue weighted by Gasteiger charge is 2.04. The molecule has 3 rings (SSSR count). The van der Waals surface area contributed by atoms with Gasteiger partial charge in [-0.1, -0.05) is 48.0 Å². The lowest BCUT2D eigenvalue weighted by molar-refractivity contribution is -0.120. The Balaban J connectivity index is 1.62. The van der Waals surface area contributed by atoms with E-state index >= 15 is 0 Å². The molecule has 0 saturated heterocycles. The van der Waals surface area contributed by atoms with Crippen LogP contribution in [0.1, 0.15) is 16.7 Å². The first-order valence-electron chi connectivity index (χ1n) is 7.36. The second-order valence-electron chi connectivity index (χ2n) is 5.48. The summed E-state index contributed by atoms with van der Waals surface area (Å²) in [5.41, 5.74) is 4.19. The normalized spacial score (nSPS) is 10.6. The Morgan fingerprint density at radius 1 is 1.05 bits per heavy atom. The molecule has 1 heterocycles. The Labute approximate surface area is 130 Å². The van der Waals surface area contributed by atoms with Crippen molar-refractivity contribution in [2.24, 2.45) is 0 Å². The molecule has 0 aliphatic carbocycles. The van der Waals surface area contributed by atoms with Crippen molar-refractivity contribution in [1.82, 2.24) is 10.3 Å². The summed E-state index contributed by atoms with van der Waals surface area (Å²) in [6, 6.07) is 18.1. The molecule has 0 aliphatic rings. The van der Waals surface area contributed by atoms with Crippen LogP contribution in [0.15, 0.2) is 60.8 Å². The molecule has 1 aromatic heterocycles. The van der Waals surface area contributed by atoms with Gasteiger partial charge in [-0.05, 0) is 30.2 Å². The molecule has 110 valence electrons. The minimum Gasteiger partial charge on any atom is -0.352 e. The summed E-state index contributed by atoms with van der Waals surface area (Å²) >= 11 is 0. The van der Waals surface area contributed by atoms with Crippen molar-refractivity contribution in [3.8, 4) is 0 Å². The van der Waals surface area contributed by atoms with E-state index in [4.69, 9.17) is 0 Å². The fourth-order valence-corrected chi connectivity index (χ4v) is 2.48. The maximum atomic E-state index is 12.0. The molecule has 1 amide bonds. The molecule has 0 unspecified atom stereocenters. The number of pyridine rings is 1. The molecule has 1 N–H and O–H groups in total. The zero-order chi connectivity index (χ0) is 15.4. The molecule has 3 nitrogen and oxygen atoms in total. The largest absolute Gasteiger partial charge is 0.352 e. The van der Waals surface area contributed by atoms with E-state index in [2.05, 4.69) is 16.4 Å². The zero-order valence-electron chi connectivity index (χ0n) is 12.5. The molecule has 2 aromatic carbocycles. The summed E-state index contributed by atoms with van der Waals surface area (Å²) in [6.45, 7) is 2.53. The van der Waals surface area contributed by atoms with Gasteiger partial charge < -0.3 is 5.32 Å². The third-order valence-corrected chi connectivity index (χ3v) is 3.58. The average Bonchev–Trinajstić information content (AvgIpc) is 2.53. The minimum absolute atomic E-state index is 0.0266. The van der Waals surface area contributed by atoms with Crippen molar-refractivity contribution >= 4 is 16.8 Å². The van der Waals surface area contributed by atoms with Gasteiger partial charge in [0, 0.05) is 18.1 Å². The molecule has 0 atom stereocenters. The summed E-state index contributed by atoms with van der Waals surface area (Å²) in [5.74, 6) is 0.0266. The highest BCUT2D eigenvalue weighted by molar-refractivity contribution is 5.80. The molecule has 0 bridgehead atoms. The van der Waals surface area contributed by atoms with Crippen molar-refractivity contribution in [2.45, 2.75) is 19.9 Å². The van der Waals surface area contributed by atoms with Crippen LogP contribution in [0.4, 0.5) is 0 Å². The molecule has 22 heavy (non-hydrogen) atoms. The van der Waals surface area contributed by atoms with Crippen LogP contribution in [0.25, 0.3) is 10.9 Å². The number of benzene rings is 2.